The summed E-state index contributed by atoms with van der Waals surface area (Å²) in [6.07, 6.45) is 19.5. The second-order valence-corrected chi connectivity index (χ2v) is 13.7. The predicted octanol–water partition coefficient (Wildman–Crippen LogP) is 9.22. The molecule has 2 fully saturated rings. The maximum Gasteiger partial charge on any atom is 0.312 e. The number of fused-ring (bicyclic) bond motifs is 2. The van der Waals surface area contributed by atoms with E-state index in [0.717, 1.165) is 32.1 Å². The minimum Gasteiger partial charge on any atom is -0.469 e. The van der Waals surface area contributed by atoms with Gasteiger partial charge in [-0.1, -0.05) is 78.6 Å². The van der Waals surface area contributed by atoms with Crippen LogP contribution in [-0.2, 0) is 28.6 Å². The molecule has 0 saturated heterocycles. The van der Waals surface area contributed by atoms with Crippen molar-refractivity contribution in [1.29, 1.82) is 0 Å². The molecule has 0 aromatic carbocycles. The first-order chi connectivity index (χ1) is 19.6. The van der Waals surface area contributed by atoms with Crippen molar-refractivity contribution < 1.29 is 30.0 Å². The van der Waals surface area contributed by atoms with Gasteiger partial charge in [-0.05, 0) is 89.9 Å². The number of carbonyl (C=O) groups excluding carboxylic acids is 3. The predicted molar refractivity (Wildman–Crippen MR) is 166 cm³/mol. The van der Waals surface area contributed by atoms with Crippen LogP contribution in [0.25, 0.3) is 0 Å². The van der Waals surface area contributed by atoms with Gasteiger partial charge in [0.1, 0.15) is 6.10 Å². The molecule has 0 aromatic heterocycles. The van der Waals surface area contributed by atoms with E-state index in [-0.39, 0.29) is 31.4 Å². The summed E-state index contributed by atoms with van der Waals surface area (Å²) in [5.74, 6) is 0.0670. The lowest BCUT2D eigenvalue weighted by Crippen LogP contribution is -2.40. The standard InChI is InChI=1S/C35H62O6.H2/c1-7-10-11-12-13-14-15-16-17-18-23-40-32(37)34(4,9-3)21-22-35(5,26-28(8-2)31(36)39-6)33(38)41-30-25-27-19-20-29(30)24-27;/h27-30H,7-26H2,1-6H3;1H. The monoisotopic (exact) mass is 580 g/mol. The number of esters is 3. The third-order valence-electron chi connectivity index (χ3n) is 10.4. The van der Waals surface area contributed by atoms with Crippen LogP contribution in [0.4, 0.5) is 0 Å². The van der Waals surface area contributed by atoms with E-state index in [0.29, 0.717) is 50.5 Å². The van der Waals surface area contributed by atoms with Crippen LogP contribution in [0.3, 0.4) is 0 Å². The van der Waals surface area contributed by atoms with Crippen LogP contribution in [-0.4, -0.2) is 37.7 Å². The molecule has 2 saturated carbocycles. The lowest BCUT2D eigenvalue weighted by atomic mass is 9.71. The summed E-state index contributed by atoms with van der Waals surface area (Å²) in [6, 6.07) is 0. The second kappa shape index (κ2) is 18.2. The van der Waals surface area contributed by atoms with Crippen molar-refractivity contribution in [3.63, 3.8) is 0 Å². The average Bonchev–Trinajstić information content (AvgIpc) is 3.60. The van der Waals surface area contributed by atoms with Gasteiger partial charge < -0.3 is 14.2 Å². The summed E-state index contributed by atoms with van der Waals surface area (Å²) in [6.45, 7) is 10.5. The Labute approximate surface area is 252 Å². The minimum absolute atomic E-state index is 0. The van der Waals surface area contributed by atoms with E-state index >= 15 is 0 Å². The Hall–Kier alpha value is -1.59. The maximum absolute atomic E-state index is 13.7. The van der Waals surface area contributed by atoms with Crippen LogP contribution in [0.5, 0.6) is 0 Å². The third-order valence-corrected chi connectivity index (χ3v) is 10.4. The molecule has 6 atom stereocenters. The summed E-state index contributed by atoms with van der Waals surface area (Å²) < 4.78 is 17.0. The minimum atomic E-state index is -0.871. The Balaban J connectivity index is 0.00000882. The number of hydrogen-bond acceptors (Lipinski definition) is 6. The van der Waals surface area contributed by atoms with Gasteiger partial charge in [0, 0.05) is 1.43 Å². The highest BCUT2D eigenvalue weighted by atomic mass is 16.5. The van der Waals surface area contributed by atoms with Crippen LogP contribution >= 0.6 is 0 Å². The number of ether oxygens (including phenoxy) is 3. The molecule has 0 heterocycles. The molecular weight excluding hydrogens is 516 g/mol. The Morgan fingerprint density at radius 3 is 1.93 bits per heavy atom. The van der Waals surface area contributed by atoms with Gasteiger partial charge in [-0.25, -0.2) is 0 Å². The van der Waals surface area contributed by atoms with E-state index in [1.165, 1.54) is 64.9 Å². The smallest absolute Gasteiger partial charge is 0.312 e. The van der Waals surface area contributed by atoms with Crippen molar-refractivity contribution in [2.45, 2.75) is 163 Å². The van der Waals surface area contributed by atoms with E-state index in [1.807, 2.05) is 27.7 Å². The molecule has 2 bridgehead atoms. The lowest BCUT2D eigenvalue weighted by molar-refractivity contribution is -0.168. The zero-order chi connectivity index (χ0) is 30.3. The van der Waals surface area contributed by atoms with E-state index < -0.39 is 10.8 Å². The van der Waals surface area contributed by atoms with Gasteiger partial charge in [0.25, 0.3) is 0 Å². The molecule has 0 N–H and O–H groups in total. The molecule has 2 aliphatic rings. The highest BCUT2D eigenvalue weighted by molar-refractivity contribution is 5.79. The molecule has 6 nitrogen and oxygen atoms in total. The van der Waals surface area contributed by atoms with Crippen molar-refractivity contribution >= 4 is 17.9 Å². The first kappa shape index (κ1) is 35.6. The molecule has 240 valence electrons. The van der Waals surface area contributed by atoms with Gasteiger partial charge in [0.2, 0.25) is 0 Å². The third kappa shape index (κ3) is 11.2. The summed E-state index contributed by atoms with van der Waals surface area (Å²) in [4.78, 5) is 39.4. The summed E-state index contributed by atoms with van der Waals surface area (Å²) in [5, 5.41) is 0. The Morgan fingerprint density at radius 2 is 1.41 bits per heavy atom. The van der Waals surface area contributed by atoms with Crippen molar-refractivity contribution in [1.82, 2.24) is 0 Å². The molecule has 0 aromatic rings. The molecule has 0 radical (unpaired) electrons. The van der Waals surface area contributed by atoms with Crippen LogP contribution in [0.2, 0.25) is 0 Å². The second-order valence-electron chi connectivity index (χ2n) is 13.7. The highest BCUT2D eigenvalue weighted by Gasteiger charge is 2.47. The van der Waals surface area contributed by atoms with E-state index in [1.54, 1.807) is 0 Å². The summed E-state index contributed by atoms with van der Waals surface area (Å²) >= 11 is 0. The molecule has 2 aliphatic carbocycles. The Kier molecular flexibility index (Phi) is 15.8. The summed E-state index contributed by atoms with van der Waals surface area (Å²) in [7, 11) is 1.40. The fraction of sp³-hybridized carbons (Fsp3) is 0.914. The van der Waals surface area contributed by atoms with Crippen molar-refractivity contribution in [2.75, 3.05) is 13.7 Å². The maximum atomic E-state index is 13.7. The van der Waals surface area contributed by atoms with Crippen LogP contribution in [0.1, 0.15) is 158 Å². The SMILES string of the molecule is CCCCCCCCCCCCOC(=O)C(C)(CC)CCC(C)(CC(CC)C(=O)OC)C(=O)OC1CC2CCC1C2.[HH]. The summed E-state index contributed by atoms with van der Waals surface area (Å²) in [5.41, 5.74) is -1.55. The first-order valence-corrected chi connectivity index (χ1v) is 17.1. The first-order valence-electron chi connectivity index (χ1n) is 17.1. The van der Waals surface area contributed by atoms with Crippen molar-refractivity contribution in [3.05, 3.63) is 0 Å². The Bertz CT molecular complexity index is 802. The zero-order valence-corrected chi connectivity index (χ0v) is 27.4. The molecule has 2 rings (SSSR count). The number of carbonyl (C=O) groups is 3. The van der Waals surface area contributed by atoms with E-state index in [2.05, 4.69) is 6.92 Å². The molecule has 41 heavy (non-hydrogen) atoms. The van der Waals surface area contributed by atoms with Gasteiger partial charge in [0.15, 0.2) is 0 Å². The average molecular weight is 581 g/mol. The lowest BCUT2D eigenvalue weighted by Gasteiger charge is -2.35. The van der Waals surface area contributed by atoms with Crippen LogP contribution in [0.15, 0.2) is 0 Å². The molecule has 6 unspecified atom stereocenters. The van der Waals surface area contributed by atoms with Gasteiger partial charge in [0.05, 0.1) is 30.5 Å². The van der Waals surface area contributed by atoms with Gasteiger partial charge >= 0.3 is 17.9 Å². The Morgan fingerprint density at radius 1 is 0.805 bits per heavy atom. The van der Waals surface area contributed by atoms with Gasteiger partial charge in [-0.15, -0.1) is 0 Å². The largest absolute Gasteiger partial charge is 0.469 e. The van der Waals surface area contributed by atoms with Gasteiger partial charge in [-0.3, -0.25) is 14.4 Å². The molecular formula is C35H64O6. The fourth-order valence-corrected chi connectivity index (χ4v) is 6.91. The van der Waals surface area contributed by atoms with Crippen molar-refractivity contribution in [3.8, 4) is 0 Å². The fourth-order valence-electron chi connectivity index (χ4n) is 6.91. The van der Waals surface area contributed by atoms with Crippen molar-refractivity contribution in [2.24, 2.45) is 28.6 Å². The molecule has 0 aliphatic heterocycles. The molecule has 6 heteroatoms. The van der Waals surface area contributed by atoms with Crippen LogP contribution < -0.4 is 0 Å². The quantitative estimate of drug-likeness (QED) is 0.0721. The normalized spacial score (nSPS) is 23.4. The van der Waals surface area contributed by atoms with Gasteiger partial charge in [-0.2, -0.15) is 0 Å². The van der Waals surface area contributed by atoms with E-state index in [4.69, 9.17) is 14.2 Å². The molecule has 0 amide bonds. The number of hydrogen-bond donors (Lipinski definition) is 0. The zero-order valence-electron chi connectivity index (χ0n) is 27.4. The van der Waals surface area contributed by atoms with Crippen LogP contribution in [0, 0.1) is 28.6 Å². The highest BCUT2D eigenvalue weighted by Crippen LogP contribution is 2.47. The number of methoxy groups -OCH3 is 1. The topological polar surface area (TPSA) is 78.9 Å². The molecule has 0 spiro atoms. The number of rotatable bonds is 22. The number of unbranched alkanes of at least 4 members (excludes halogenated alkanes) is 9. The van der Waals surface area contributed by atoms with E-state index in [9.17, 15) is 14.4 Å².